The highest BCUT2D eigenvalue weighted by atomic mass is 16.5. The second kappa shape index (κ2) is 5.85. The van der Waals surface area contributed by atoms with E-state index in [1.165, 1.54) is 0 Å². The summed E-state index contributed by atoms with van der Waals surface area (Å²) in [5.41, 5.74) is 3.20. The van der Waals surface area contributed by atoms with E-state index in [4.69, 9.17) is 4.74 Å². The van der Waals surface area contributed by atoms with Gasteiger partial charge in [0, 0.05) is 17.3 Å². The zero-order valence-corrected chi connectivity index (χ0v) is 13.3. The van der Waals surface area contributed by atoms with Gasteiger partial charge in [-0.3, -0.25) is 4.79 Å². The van der Waals surface area contributed by atoms with Crippen molar-refractivity contribution in [1.82, 2.24) is 15.1 Å². The smallest absolute Gasteiger partial charge is 0.272 e. The molecular weight excluding hydrogens is 302 g/mol. The van der Waals surface area contributed by atoms with Crippen LogP contribution < -0.4 is 10.1 Å². The monoisotopic (exact) mass is 319 g/mol. The van der Waals surface area contributed by atoms with Crippen LogP contribution in [0.4, 0.5) is 0 Å². The van der Waals surface area contributed by atoms with E-state index in [-0.39, 0.29) is 11.9 Å². The van der Waals surface area contributed by atoms with Crippen molar-refractivity contribution in [2.45, 2.75) is 13.0 Å². The minimum atomic E-state index is -0.188. The largest absolute Gasteiger partial charge is 0.491 e. The topological polar surface area (TPSA) is 56.2 Å². The van der Waals surface area contributed by atoms with Crippen LogP contribution in [0.25, 0.3) is 5.69 Å². The molecule has 0 bridgehead atoms. The van der Waals surface area contributed by atoms with E-state index in [2.05, 4.69) is 10.4 Å². The van der Waals surface area contributed by atoms with Crippen LogP contribution in [0.1, 0.15) is 27.7 Å². The van der Waals surface area contributed by atoms with Crippen LogP contribution in [0.5, 0.6) is 5.75 Å². The van der Waals surface area contributed by atoms with E-state index >= 15 is 0 Å². The van der Waals surface area contributed by atoms with Crippen molar-refractivity contribution in [3.05, 3.63) is 77.6 Å². The van der Waals surface area contributed by atoms with Gasteiger partial charge in [-0.05, 0) is 25.1 Å². The van der Waals surface area contributed by atoms with Gasteiger partial charge in [-0.1, -0.05) is 36.4 Å². The van der Waals surface area contributed by atoms with E-state index < -0.39 is 0 Å². The molecule has 5 nitrogen and oxygen atoms in total. The van der Waals surface area contributed by atoms with Gasteiger partial charge in [0.1, 0.15) is 12.4 Å². The summed E-state index contributed by atoms with van der Waals surface area (Å²) in [5, 5.41) is 7.46. The van der Waals surface area contributed by atoms with Crippen molar-refractivity contribution in [2.24, 2.45) is 0 Å². The van der Waals surface area contributed by atoms with E-state index in [1.807, 2.05) is 67.7 Å². The summed E-state index contributed by atoms with van der Waals surface area (Å²) in [6.45, 7) is 2.34. The second-order valence-corrected chi connectivity index (χ2v) is 5.82. The molecule has 1 amide bonds. The summed E-state index contributed by atoms with van der Waals surface area (Å²) in [4.78, 5) is 12.6. The number of nitrogens with one attached hydrogen (secondary N) is 1. The van der Waals surface area contributed by atoms with Gasteiger partial charge >= 0.3 is 0 Å². The summed E-state index contributed by atoms with van der Waals surface area (Å²) in [7, 11) is 0. The minimum absolute atomic E-state index is 0.144. The van der Waals surface area contributed by atoms with Gasteiger partial charge in [-0.25, -0.2) is 4.68 Å². The summed E-state index contributed by atoms with van der Waals surface area (Å²) >= 11 is 0. The number of fused-ring (bicyclic) bond motifs is 1. The predicted octanol–water partition coefficient (Wildman–Crippen LogP) is 3.04. The van der Waals surface area contributed by atoms with Crippen LogP contribution in [-0.2, 0) is 0 Å². The molecule has 1 aromatic heterocycles. The third-order valence-corrected chi connectivity index (χ3v) is 4.14. The molecular formula is C19H17N3O2. The maximum absolute atomic E-state index is 12.6. The van der Waals surface area contributed by atoms with Crippen LogP contribution in [0.15, 0.2) is 60.8 Å². The average Bonchev–Trinajstić information content (AvgIpc) is 3.20. The molecule has 3 aromatic rings. The van der Waals surface area contributed by atoms with Gasteiger partial charge in [0.25, 0.3) is 5.91 Å². The molecule has 2 heterocycles. The van der Waals surface area contributed by atoms with Gasteiger partial charge in [0.15, 0.2) is 5.69 Å². The second-order valence-electron chi connectivity index (χ2n) is 5.82. The molecule has 0 fully saturated rings. The molecule has 1 atom stereocenters. The number of amides is 1. The van der Waals surface area contributed by atoms with Crippen LogP contribution in [0, 0.1) is 6.92 Å². The van der Waals surface area contributed by atoms with E-state index in [1.54, 1.807) is 4.68 Å². The normalized spacial score (nSPS) is 15.6. The first-order valence-corrected chi connectivity index (χ1v) is 7.86. The van der Waals surface area contributed by atoms with Crippen LogP contribution in [-0.4, -0.2) is 22.3 Å². The predicted molar refractivity (Wildman–Crippen MR) is 90.4 cm³/mol. The molecule has 120 valence electrons. The first kappa shape index (κ1) is 14.5. The Morgan fingerprint density at radius 1 is 1.17 bits per heavy atom. The average molecular weight is 319 g/mol. The Bertz CT molecular complexity index is 887. The van der Waals surface area contributed by atoms with Crippen molar-refractivity contribution in [3.8, 4) is 11.4 Å². The Hall–Kier alpha value is -3.08. The Morgan fingerprint density at radius 2 is 1.92 bits per heavy atom. The highest BCUT2D eigenvalue weighted by Crippen LogP contribution is 2.31. The number of hydrogen-bond acceptors (Lipinski definition) is 3. The SMILES string of the molecule is Cc1cn(-c2ccccc2)nc1C(=O)NC1COc2ccccc21. The fourth-order valence-corrected chi connectivity index (χ4v) is 2.91. The molecule has 0 saturated heterocycles. The summed E-state index contributed by atoms with van der Waals surface area (Å²) in [5.74, 6) is 0.641. The van der Waals surface area contributed by atoms with Crippen LogP contribution >= 0.6 is 0 Å². The lowest BCUT2D eigenvalue weighted by atomic mass is 10.1. The molecule has 1 aliphatic rings. The van der Waals surface area contributed by atoms with Crippen molar-refractivity contribution in [2.75, 3.05) is 6.61 Å². The van der Waals surface area contributed by atoms with Crippen molar-refractivity contribution in [3.63, 3.8) is 0 Å². The summed E-state index contributed by atoms with van der Waals surface area (Å²) < 4.78 is 7.34. The fraction of sp³-hybridized carbons (Fsp3) is 0.158. The lowest BCUT2D eigenvalue weighted by molar-refractivity contribution is 0.0924. The number of ether oxygens (including phenoxy) is 1. The van der Waals surface area contributed by atoms with Crippen LogP contribution in [0.2, 0.25) is 0 Å². The number of carbonyl (C=O) groups excluding carboxylic acids is 1. The summed E-state index contributed by atoms with van der Waals surface area (Å²) in [6, 6.07) is 17.4. The number of hydrogen-bond donors (Lipinski definition) is 1. The number of aromatic nitrogens is 2. The maximum atomic E-state index is 12.6. The quantitative estimate of drug-likeness (QED) is 0.807. The lowest BCUT2D eigenvalue weighted by Gasteiger charge is -2.10. The first-order valence-electron chi connectivity index (χ1n) is 7.86. The van der Waals surface area contributed by atoms with Gasteiger partial charge < -0.3 is 10.1 Å². The van der Waals surface area contributed by atoms with Crippen molar-refractivity contribution < 1.29 is 9.53 Å². The molecule has 0 saturated carbocycles. The molecule has 1 aliphatic heterocycles. The number of para-hydroxylation sites is 2. The molecule has 2 aromatic carbocycles. The van der Waals surface area contributed by atoms with E-state index in [0.717, 1.165) is 22.6 Å². The third-order valence-electron chi connectivity index (χ3n) is 4.14. The zero-order chi connectivity index (χ0) is 16.5. The van der Waals surface area contributed by atoms with Gasteiger partial charge in [0.2, 0.25) is 0 Å². The molecule has 1 N–H and O–H groups in total. The standard InChI is InChI=1S/C19H17N3O2/c1-13-11-22(14-7-3-2-4-8-14)21-18(13)19(23)20-16-12-24-17-10-6-5-9-15(16)17/h2-11,16H,12H2,1H3,(H,20,23). The van der Waals surface area contributed by atoms with Gasteiger partial charge in [-0.15, -0.1) is 0 Å². The molecule has 0 radical (unpaired) electrons. The Labute approximate surface area is 139 Å². The number of benzene rings is 2. The molecule has 1 unspecified atom stereocenters. The third kappa shape index (κ3) is 2.54. The number of nitrogens with zero attached hydrogens (tertiary/aromatic N) is 2. The first-order chi connectivity index (χ1) is 11.7. The highest BCUT2D eigenvalue weighted by molar-refractivity contribution is 5.94. The van der Waals surface area contributed by atoms with Gasteiger partial charge in [-0.2, -0.15) is 5.10 Å². The Kier molecular flexibility index (Phi) is 3.54. The van der Waals surface area contributed by atoms with Crippen molar-refractivity contribution in [1.29, 1.82) is 0 Å². The van der Waals surface area contributed by atoms with Crippen LogP contribution in [0.3, 0.4) is 0 Å². The lowest BCUT2D eigenvalue weighted by Crippen LogP contribution is -2.30. The fourth-order valence-electron chi connectivity index (χ4n) is 2.91. The molecule has 4 rings (SSSR count). The van der Waals surface area contributed by atoms with E-state index in [0.29, 0.717) is 12.3 Å². The highest BCUT2D eigenvalue weighted by Gasteiger charge is 2.26. The zero-order valence-electron chi connectivity index (χ0n) is 13.3. The molecule has 0 aliphatic carbocycles. The summed E-state index contributed by atoms with van der Waals surface area (Å²) in [6.07, 6.45) is 1.86. The maximum Gasteiger partial charge on any atom is 0.272 e. The Morgan fingerprint density at radius 3 is 2.75 bits per heavy atom. The number of aryl methyl sites for hydroxylation is 1. The van der Waals surface area contributed by atoms with Crippen molar-refractivity contribution >= 4 is 5.91 Å². The Balaban J connectivity index is 1.57. The molecule has 5 heteroatoms. The molecule has 24 heavy (non-hydrogen) atoms. The van der Waals surface area contributed by atoms with E-state index in [9.17, 15) is 4.79 Å². The number of carbonyl (C=O) groups is 1. The number of rotatable bonds is 3. The molecule has 0 spiro atoms. The van der Waals surface area contributed by atoms with Gasteiger partial charge in [0.05, 0.1) is 11.7 Å². The minimum Gasteiger partial charge on any atom is -0.491 e.